The molecule has 6 heteroatoms. The number of hydrogen-bond acceptors (Lipinski definition) is 4. The third-order valence-corrected chi connectivity index (χ3v) is 3.56. The monoisotopic (exact) mass is 223 g/mol. The van der Waals surface area contributed by atoms with E-state index in [1.54, 1.807) is 0 Å². The lowest BCUT2D eigenvalue weighted by Crippen LogP contribution is -2.35. The summed E-state index contributed by atoms with van der Waals surface area (Å²) < 4.78 is 24.2. The van der Waals surface area contributed by atoms with E-state index >= 15 is 0 Å². The van der Waals surface area contributed by atoms with Crippen molar-refractivity contribution in [2.45, 2.75) is 6.42 Å². The number of hydrogen-bond donors (Lipinski definition) is 2. The highest BCUT2D eigenvalue weighted by Gasteiger charge is 2.19. The maximum atomic E-state index is 11.5. The first-order valence-electron chi connectivity index (χ1n) is 4.39. The number of aliphatic hydroxyl groups is 2. The lowest BCUT2D eigenvalue weighted by Gasteiger charge is -2.19. The van der Waals surface area contributed by atoms with Gasteiger partial charge in [-0.15, -0.1) is 6.58 Å². The number of aliphatic hydroxyl groups excluding tert-OH is 2. The summed E-state index contributed by atoms with van der Waals surface area (Å²) in [5.41, 5.74) is 0. The van der Waals surface area contributed by atoms with Crippen LogP contribution in [0, 0.1) is 0 Å². The van der Waals surface area contributed by atoms with E-state index in [1.165, 1.54) is 6.08 Å². The molecule has 84 valence electrons. The summed E-state index contributed by atoms with van der Waals surface area (Å²) in [6.07, 6.45) is 1.67. The lowest BCUT2D eigenvalue weighted by molar-refractivity contribution is 0.259. The Morgan fingerprint density at radius 3 is 2.36 bits per heavy atom. The predicted molar refractivity (Wildman–Crippen MR) is 54.3 cm³/mol. The highest BCUT2D eigenvalue weighted by molar-refractivity contribution is 7.89. The van der Waals surface area contributed by atoms with E-state index in [0.29, 0.717) is 0 Å². The molecule has 0 radical (unpaired) electrons. The van der Waals surface area contributed by atoms with E-state index in [0.717, 1.165) is 4.31 Å². The smallest absolute Gasteiger partial charge is 0.214 e. The van der Waals surface area contributed by atoms with Crippen LogP contribution in [-0.4, -0.2) is 55.0 Å². The second-order valence-electron chi connectivity index (χ2n) is 2.76. The molecule has 0 saturated heterocycles. The molecule has 0 bridgehead atoms. The van der Waals surface area contributed by atoms with Crippen molar-refractivity contribution in [3.05, 3.63) is 12.7 Å². The summed E-state index contributed by atoms with van der Waals surface area (Å²) >= 11 is 0. The van der Waals surface area contributed by atoms with Crippen LogP contribution in [0.15, 0.2) is 12.7 Å². The zero-order chi connectivity index (χ0) is 11.0. The van der Waals surface area contributed by atoms with Crippen LogP contribution in [0.3, 0.4) is 0 Å². The molecule has 0 rings (SSSR count). The highest BCUT2D eigenvalue weighted by atomic mass is 32.2. The van der Waals surface area contributed by atoms with Crippen molar-refractivity contribution in [1.82, 2.24) is 4.31 Å². The molecule has 2 N–H and O–H groups in total. The van der Waals surface area contributed by atoms with Gasteiger partial charge in [0.15, 0.2) is 0 Å². The molecule has 0 aliphatic rings. The fourth-order valence-corrected chi connectivity index (χ4v) is 2.42. The fourth-order valence-electron chi connectivity index (χ4n) is 0.976. The molecule has 0 aromatic rings. The van der Waals surface area contributed by atoms with Gasteiger partial charge in [-0.3, -0.25) is 0 Å². The van der Waals surface area contributed by atoms with E-state index in [-0.39, 0.29) is 38.5 Å². The van der Waals surface area contributed by atoms with Gasteiger partial charge in [0.1, 0.15) is 0 Å². The summed E-state index contributed by atoms with van der Waals surface area (Å²) in [4.78, 5) is 0. The van der Waals surface area contributed by atoms with Gasteiger partial charge in [0, 0.05) is 19.7 Å². The summed E-state index contributed by atoms with van der Waals surface area (Å²) in [6.45, 7) is 3.33. The topological polar surface area (TPSA) is 77.8 Å². The van der Waals surface area contributed by atoms with Crippen molar-refractivity contribution in [2.24, 2.45) is 0 Å². The van der Waals surface area contributed by atoms with Crippen molar-refractivity contribution in [1.29, 1.82) is 0 Å². The Hall–Kier alpha value is -0.430. The Labute approximate surface area is 84.7 Å². The Balaban J connectivity index is 4.37. The molecule has 0 aromatic heterocycles. The third kappa shape index (κ3) is 4.71. The van der Waals surface area contributed by atoms with E-state index in [4.69, 9.17) is 10.2 Å². The SMILES string of the molecule is C=CCN(CCO)S(=O)(=O)CCCO. The fraction of sp³-hybridized carbons (Fsp3) is 0.750. The minimum atomic E-state index is -3.37. The van der Waals surface area contributed by atoms with Gasteiger partial charge in [0.25, 0.3) is 0 Å². The molecule has 0 saturated carbocycles. The van der Waals surface area contributed by atoms with E-state index in [1.807, 2.05) is 0 Å². The van der Waals surface area contributed by atoms with Gasteiger partial charge in [-0.1, -0.05) is 6.08 Å². The van der Waals surface area contributed by atoms with Gasteiger partial charge in [-0.25, -0.2) is 8.42 Å². The molecular formula is C8H17NO4S. The average molecular weight is 223 g/mol. The molecule has 0 amide bonds. The second kappa shape index (κ2) is 6.94. The second-order valence-corrected chi connectivity index (χ2v) is 4.85. The average Bonchev–Trinajstić information content (AvgIpc) is 2.14. The molecule has 5 nitrogen and oxygen atoms in total. The third-order valence-electron chi connectivity index (χ3n) is 1.64. The quantitative estimate of drug-likeness (QED) is 0.527. The van der Waals surface area contributed by atoms with E-state index in [2.05, 4.69) is 6.58 Å². The van der Waals surface area contributed by atoms with Crippen LogP contribution in [0.2, 0.25) is 0 Å². The Morgan fingerprint density at radius 1 is 1.29 bits per heavy atom. The predicted octanol–water partition coefficient (Wildman–Crippen LogP) is -0.821. The molecule has 0 spiro atoms. The first-order valence-corrected chi connectivity index (χ1v) is 6.00. The van der Waals surface area contributed by atoms with Gasteiger partial charge in [0.2, 0.25) is 10.0 Å². The summed E-state index contributed by atoms with van der Waals surface area (Å²) in [7, 11) is -3.37. The standard InChI is InChI=1S/C8H17NO4S/c1-2-4-9(5-7-11)14(12,13)8-3-6-10/h2,10-11H,1,3-8H2. The minimum Gasteiger partial charge on any atom is -0.396 e. The van der Waals surface area contributed by atoms with Crippen LogP contribution in [0.4, 0.5) is 0 Å². The van der Waals surface area contributed by atoms with Crippen molar-refractivity contribution in [3.63, 3.8) is 0 Å². The van der Waals surface area contributed by atoms with Crippen LogP contribution in [0.5, 0.6) is 0 Å². The molecule has 0 atom stereocenters. The summed E-state index contributed by atoms with van der Waals surface area (Å²) in [5, 5.41) is 17.2. The summed E-state index contributed by atoms with van der Waals surface area (Å²) in [6, 6.07) is 0. The van der Waals surface area contributed by atoms with E-state index < -0.39 is 10.0 Å². The largest absolute Gasteiger partial charge is 0.396 e. The molecule has 0 aromatic carbocycles. The van der Waals surface area contributed by atoms with Gasteiger partial charge in [0.05, 0.1) is 12.4 Å². The highest BCUT2D eigenvalue weighted by Crippen LogP contribution is 2.02. The number of nitrogens with zero attached hydrogens (tertiary/aromatic N) is 1. The molecule has 0 fully saturated rings. The lowest BCUT2D eigenvalue weighted by atomic mass is 10.5. The number of rotatable bonds is 8. The Bertz CT molecular complexity index is 250. The maximum Gasteiger partial charge on any atom is 0.214 e. The Morgan fingerprint density at radius 2 is 1.93 bits per heavy atom. The molecular weight excluding hydrogens is 206 g/mol. The minimum absolute atomic E-state index is 0.0692. The van der Waals surface area contributed by atoms with Crippen LogP contribution in [-0.2, 0) is 10.0 Å². The van der Waals surface area contributed by atoms with Crippen molar-refractivity contribution >= 4 is 10.0 Å². The molecule has 14 heavy (non-hydrogen) atoms. The van der Waals surface area contributed by atoms with Crippen LogP contribution in [0.1, 0.15) is 6.42 Å². The van der Waals surface area contributed by atoms with Gasteiger partial charge in [-0.05, 0) is 6.42 Å². The Kier molecular flexibility index (Phi) is 6.73. The van der Waals surface area contributed by atoms with Crippen LogP contribution >= 0.6 is 0 Å². The van der Waals surface area contributed by atoms with Crippen LogP contribution in [0.25, 0.3) is 0 Å². The zero-order valence-corrected chi connectivity index (χ0v) is 8.91. The molecule has 0 unspecified atom stereocenters. The maximum absolute atomic E-state index is 11.5. The number of sulfonamides is 1. The van der Waals surface area contributed by atoms with Crippen molar-refractivity contribution < 1.29 is 18.6 Å². The van der Waals surface area contributed by atoms with Gasteiger partial charge >= 0.3 is 0 Å². The van der Waals surface area contributed by atoms with Crippen LogP contribution < -0.4 is 0 Å². The first kappa shape index (κ1) is 13.6. The molecule has 0 aliphatic carbocycles. The molecule has 0 aliphatic heterocycles. The normalized spacial score (nSPS) is 11.9. The molecule has 0 heterocycles. The van der Waals surface area contributed by atoms with Gasteiger partial charge in [-0.2, -0.15) is 4.31 Å². The van der Waals surface area contributed by atoms with Crippen molar-refractivity contribution in [2.75, 3.05) is 32.1 Å². The van der Waals surface area contributed by atoms with Gasteiger partial charge < -0.3 is 10.2 Å². The summed E-state index contributed by atoms with van der Waals surface area (Å²) in [5.74, 6) is -0.0999. The van der Waals surface area contributed by atoms with E-state index in [9.17, 15) is 8.42 Å². The zero-order valence-electron chi connectivity index (χ0n) is 8.09. The first-order chi connectivity index (χ1) is 6.58. The van der Waals surface area contributed by atoms with Crippen molar-refractivity contribution in [3.8, 4) is 0 Å².